The molecule has 2 heteroatoms. The van der Waals surface area contributed by atoms with Gasteiger partial charge in [-0.2, -0.15) is 0 Å². The van der Waals surface area contributed by atoms with Gasteiger partial charge >= 0.3 is 0 Å². The fraction of sp³-hybridized carbons (Fsp3) is 0.875. The Morgan fingerprint density at radius 2 is 1.06 bits per heavy atom. The molecule has 5 rings (SSSR count). The molecule has 5 aliphatic carbocycles. The molecule has 0 heterocycles. The van der Waals surface area contributed by atoms with Crippen LogP contribution in [0.5, 0.6) is 0 Å². The molecule has 0 saturated heterocycles. The highest BCUT2D eigenvalue weighted by Gasteiger charge is 2.72. The van der Waals surface area contributed by atoms with E-state index < -0.39 is 0 Å². The molecule has 96 valence electrons. The van der Waals surface area contributed by atoms with E-state index in [0.717, 1.165) is 47.3 Å². The Morgan fingerprint density at radius 1 is 0.611 bits per heavy atom. The van der Waals surface area contributed by atoms with Crippen LogP contribution in [-0.4, -0.2) is 12.6 Å². The molecule has 5 aliphatic rings. The van der Waals surface area contributed by atoms with Gasteiger partial charge in [0.05, 0.1) is 0 Å². The quantitative estimate of drug-likeness (QED) is 0.698. The Labute approximate surface area is 108 Å². The zero-order chi connectivity index (χ0) is 12.0. The minimum absolute atomic E-state index is 0.387. The van der Waals surface area contributed by atoms with Gasteiger partial charge in [-0.05, 0) is 73.0 Å². The molecular weight excluding hydrogens is 224 g/mol. The Hall–Kier alpha value is -0.660. The molecule has 0 aromatic rings. The summed E-state index contributed by atoms with van der Waals surface area (Å²) >= 11 is 0. The van der Waals surface area contributed by atoms with Crippen molar-refractivity contribution in [3.8, 4) is 0 Å². The summed E-state index contributed by atoms with van der Waals surface area (Å²) < 4.78 is 0. The van der Waals surface area contributed by atoms with Crippen molar-refractivity contribution in [3.05, 3.63) is 0 Å². The molecule has 4 bridgehead atoms. The van der Waals surface area contributed by atoms with Gasteiger partial charge in [0.15, 0.2) is 0 Å². The highest BCUT2D eigenvalue weighted by molar-refractivity contribution is 5.57. The van der Waals surface area contributed by atoms with Crippen LogP contribution in [0, 0.1) is 59.2 Å². The smallest absolute Gasteiger partial charge is 0.123 e. The third kappa shape index (κ3) is 0.896. The summed E-state index contributed by atoms with van der Waals surface area (Å²) in [7, 11) is 0. The molecule has 5 fully saturated rings. The van der Waals surface area contributed by atoms with Crippen molar-refractivity contribution >= 4 is 12.6 Å². The first-order valence-electron chi connectivity index (χ1n) is 7.74. The summed E-state index contributed by atoms with van der Waals surface area (Å²) in [5, 5.41) is 0. The van der Waals surface area contributed by atoms with Gasteiger partial charge in [-0.15, -0.1) is 0 Å². The normalized spacial score (nSPS) is 66.4. The first-order valence-corrected chi connectivity index (χ1v) is 7.74. The van der Waals surface area contributed by atoms with Gasteiger partial charge in [0.25, 0.3) is 0 Å². The Balaban J connectivity index is 1.48. The number of fused-ring (bicyclic) bond motifs is 12. The lowest BCUT2D eigenvalue weighted by atomic mass is 9.46. The SMILES string of the molecule is O=CC1CC2CC1C1C2C2C3CC(CC3C=O)C12. The molecule has 18 heavy (non-hydrogen) atoms. The molecule has 2 nitrogen and oxygen atoms in total. The average molecular weight is 244 g/mol. The molecular formula is C16H20O2. The first kappa shape index (κ1) is 10.2. The molecule has 0 spiro atoms. The van der Waals surface area contributed by atoms with Gasteiger partial charge < -0.3 is 9.59 Å². The fourth-order valence-corrected chi connectivity index (χ4v) is 7.40. The van der Waals surface area contributed by atoms with Gasteiger partial charge in [-0.3, -0.25) is 0 Å². The van der Waals surface area contributed by atoms with Gasteiger partial charge in [0.2, 0.25) is 0 Å². The van der Waals surface area contributed by atoms with E-state index in [-0.39, 0.29) is 0 Å². The molecule has 0 aromatic heterocycles. The Bertz CT molecular complexity index is 383. The van der Waals surface area contributed by atoms with Crippen LogP contribution in [0.1, 0.15) is 25.7 Å². The third-order valence-corrected chi connectivity index (χ3v) is 7.60. The van der Waals surface area contributed by atoms with Crippen molar-refractivity contribution in [3.63, 3.8) is 0 Å². The lowest BCUT2D eigenvalue weighted by Crippen LogP contribution is -2.55. The van der Waals surface area contributed by atoms with Crippen LogP contribution in [0.25, 0.3) is 0 Å². The highest BCUT2D eigenvalue weighted by atomic mass is 16.1. The van der Waals surface area contributed by atoms with Gasteiger partial charge in [-0.1, -0.05) is 0 Å². The monoisotopic (exact) mass is 244 g/mol. The number of hydrogen-bond acceptors (Lipinski definition) is 2. The van der Waals surface area contributed by atoms with Gasteiger partial charge in [0.1, 0.15) is 12.6 Å². The first-order chi connectivity index (χ1) is 8.83. The second kappa shape index (κ2) is 3.08. The van der Waals surface area contributed by atoms with E-state index in [1.165, 1.54) is 38.3 Å². The Kier molecular flexibility index (Phi) is 1.74. The van der Waals surface area contributed by atoms with E-state index >= 15 is 0 Å². The van der Waals surface area contributed by atoms with E-state index in [4.69, 9.17) is 0 Å². The van der Waals surface area contributed by atoms with Crippen molar-refractivity contribution in [2.24, 2.45) is 59.2 Å². The van der Waals surface area contributed by atoms with E-state index in [9.17, 15) is 9.59 Å². The third-order valence-electron chi connectivity index (χ3n) is 7.60. The molecule has 0 amide bonds. The summed E-state index contributed by atoms with van der Waals surface area (Å²) in [5.41, 5.74) is 0. The van der Waals surface area contributed by atoms with Crippen molar-refractivity contribution in [2.75, 3.05) is 0 Å². The number of rotatable bonds is 2. The molecule has 6 unspecified atom stereocenters. The molecule has 0 radical (unpaired) electrons. The number of hydrogen-bond donors (Lipinski definition) is 0. The van der Waals surface area contributed by atoms with Gasteiger partial charge in [0, 0.05) is 11.8 Å². The lowest BCUT2D eigenvalue weighted by Gasteiger charge is -2.58. The molecule has 6 atom stereocenters. The predicted molar refractivity (Wildman–Crippen MR) is 65.5 cm³/mol. The van der Waals surface area contributed by atoms with Gasteiger partial charge in [-0.25, -0.2) is 0 Å². The second-order valence-electron chi connectivity index (χ2n) is 7.70. The van der Waals surface area contributed by atoms with Crippen molar-refractivity contribution in [2.45, 2.75) is 25.7 Å². The zero-order valence-corrected chi connectivity index (χ0v) is 10.6. The van der Waals surface area contributed by atoms with Crippen LogP contribution >= 0.6 is 0 Å². The van der Waals surface area contributed by atoms with Crippen LogP contribution in [0.4, 0.5) is 0 Å². The maximum absolute atomic E-state index is 11.2. The van der Waals surface area contributed by atoms with Crippen LogP contribution < -0.4 is 0 Å². The number of carbonyl (C=O) groups excluding carboxylic acids is 2. The molecule has 5 saturated carbocycles. The lowest BCUT2D eigenvalue weighted by molar-refractivity contribution is -0.136. The standard InChI is InChI=1S/C16H20O2/c17-5-9-1-7-3-11(9)15-13(7)16-12-4-8(14(15)16)2-10(12)6-18/h5-16H,1-4H2. The summed E-state index contributed by atoms with van der Waals surface area (Å²) in [6.07, 6.45) is 7.49. The molecule has 0 N–H and O–H groups in total. The maximum atomic E-state index is 11.2. The topological polar surface area (TPSA) is 34.1 Å². The van der Waals surface area contributed by atoms with Crippen LogP contribution in [-0.2, 0) is 9.59 Å². The van der Waals surface area contributed by atoms with Crippen LogP contribution in [0.2, 0.25) is 0 Å². The highest BCUT2D eigenvalue weighted by Crippen LogP contribution is 2.77. The fourth-order valence-electron chi connectivity index (χ4n) is 7.40. The maximum Gasteiger partial charge on any atom is 0.123 e. The minimum Gasteiger partial charge on any atom is -0.303 e. The summed E-state index contributed by atoms with van der Waals surface area (Å²) in [5.74, 6) is 7.49. The van der Waals surface area contributed by atoms with Crippen LogP contribution in [0.15, 0.2) is 0 Å². The van der Waals surface area contributed by atoms with E-state index in [2.05, 4.69) is 0 Å². The largest absolute Gasteiger partial charge is 0.303 e. The van der Waals surface area contributed by atoms with Crippen molar-refractivity contribution in [1.29, 1.82) is 0 Å². The summed E-state index contributed by atoms with van der Waals surface area (Å²) in [4.78, 5) is 22.4. The molecule has 0 aliphatic heterocycles. The summed E-state index contributed by atoms with van der Waals surface area (Å²) in [6.45, 7) is 0. The predicted octanol–water partition coefficient (Wildman–Crippen LogP) is 2.17. The van der Waals surface area contributed by atoms with E-state index in [0.29, 0.717) is 11.8 Å². The number of aldehydes is 2. The van der Waals surface area contributed by atoms with Crippen LogP contribution in [0.3, 0.4) is 0 Å². The Morgan fingerprint density at radius 3 is 1.44 bits per heavy atom. The average Bonchev–Trinajstić information content (AvgIpc) is 3.05. The van der Waals surface area contributed by atoms with E-state index in [1.54, 1.807) is 0 Å². The minimum atomic E-state index is 0.387. The van der Waals surface area contributed by atoms with Crippen molar-refractivity contribution < 1.29 is 9.59 Å². The summed E-state index contributed by atoms with van der Waals surface area (Å²) in [6, 6.07) is 0. The van der Waals surface area contributed by atoms with Crippen molar-refractivity contribution in [1.82, 2.24) is 0 Å². The number of carbonyl (C=O) groups is 2. The zero-order valence-electron chi connectivity index (χ0n) is 10.6. The second-order valence-corrected chi connectivity index (χ2v) is 7.70. The van der Waals surface area contributed by atoms with E-state index in [1.807, 2.05) is 0 Å². The molecule has 0 aromatic carbocycles.